The van der Waals surface area contributed by atoms with E-state index >= 15 is 0 Å². The van der Waals surface area contributed by atoms with Gasteiger partial charge in [0.05, 0.1) is 0 Å². The predicted molar refractivity (Wildman–Crippen MR) is 85.8 cm³/mol. The number of carbonyl (C=O) groups excluding carboxylic acids is 1. The predicted octanol–water partition coefficient (Wildman–Crippen LogP) is 3.96. The van der Waals surface area contributed by atoms with Crippen molar-refractivity contribution in [2.75, 3.05) is 7.05 Å². The molecule has 0 radical (unpaired) electrons. The first-order valence-electron chi connectivity index (χ1n) is 8.14. The maximum atomic E-state index is 12.1. The summed E-state index contributed by atoms with van der Waals surface area (Å²) < 4.78 is 0. The zero-order valence-electron chi connectivity index (χ0n) is 13.9. The fourth-order valence-electron chi connectivity index (χ4n) is 3.89. The number of hydroxylamine groups is 1. The first-order valence-corrected chi connectivity index (χ1v) is 8.14. The molecular formula is C18H29NO2. The minimum atomic E-state index is -0.286. The Bertz CT molecular complexity index is 450. The smallest absolute Gasteiger partial charge is 0.137 e. The van der Waals surface area contributed by atoms with E-state index in [2.05, 4.69) is 30.6 Å². The van der Waals surface area contributed by atoms with E-state index < -0.39 is 0 Å². The molecule has 0 spiro atoms. The molecule has 2 aliphatic rings. The van der Waals surface area contributed by atoms with Gasteiger partial charge in [0, 0.05) is 19.4 Å². The van der Waals surface area contributed by atoms with Gasteiger partial charge in [-0.3, -0.25) is 9.63 Å². The van der Waals surface area contributed by atoms with Gasteiger partial charge < -0.3 is 0 Å². The van der Waals surface area contributed by atoms with Gasteiger partial charge in [0.1, 0.15) is 11.4 Å². The number of fused-ring (bicyclic) bond motifs is 1. The Hall–Kier alpha value is -0.930. The van der Waals surface area contributed by atoms with Crippen molar-refractivity contribution in [3.05, 3.63) is 23.8 Å². The molecule has 118 valence electrons. The Morgan fingerprint density at radius 3 is 3.00 bits per heavy atom. The molecule has 2 rings (SSSR count). The molecule has 1 saturated carbocycles. The van der Waals surface area contributed by atoms with Crippen molar-refractivity contribution in [1.29, 1.82) is 0 Å². The zero-order valence-corrected chi connectivity index (χ0v) is 13.9. The number of hydrogen-bond donors (Lipinski definition) is 1. The van der Waals surface area contributed by atoms with Gasteiger partial charge in [0.15, 0.2) is 0 Å². The van der Waals surface area contributed by atoms with Crippen LogP contribution in [0.5, 0.6) is 0 Å². The quantitative estimate of drug-likeness (QED) is 0.594. The molecule has 0 aromatic carbocycles. The average molecular weight is 291 g/mol. The van der Waals surface area contributed by atoms with E-state index in [1.165, 1.54) is 12.0 Å². The second kappa shape index (κ2) is 6.45. The second-order valence-electron chi connectivity index (χ2n) is 7.11. The van der Waals surface area contributed by atoms with Gasteiger partial charge in [-0.2, -0.15) is 0 Å². The third-order valence-corrected chi connectivity index (χ3v) is 5.08. The SMILES string of the molecule is CNOC(C)(C)/C=C/CCC1=CCC2C(=O)CCCC12C. The van der Waals surface area contributed by atoms with Crippen LogP contribution in [-0.2, 0) is 9.63 Å². The van der Waals surface area contributed by atoms with Crippen molar-refractivity contribution in [2.24, 2.45) is 11.3 Å². The van der Waals surface area contributed by atoms with Gasteiger partial charge in [0.2, 0.25) is 0 Å². The van der Waals surface area contributed by atoms with Gasteiger partial charge in [-0.15, -0.1) is 0 Å². The Kier molecular flexibility index (Phi) is 5.05. The highest BCUT2D eigenvalue weighted by Crippen LogP contribution is 2.52. The van der Waals surface area contributed by atoms with E-state index in [4.69, 9.17) is 4.84 Å². The summed E-state index contributed by atoms with van der Waals surface area (Å²) in [7, 11) is 1.78. The molecule has 1 fully saturated rings. The fraction of sp³-hybridized carbons (Fsp3) is 0.722. The molecular weight excluding hydrogens is 262 g/mol. The molecule has 1 N–H and O–H groups in total. The summed E-state index contributed by atoms with van der Waals surface area (Å²) in [6.45, 7) is 6.36. The van der Waals surface area contributed by atoms with Crippen molar-refractivity contribution in [3.8, 4) is 0 Å². The van der Waals surface area contributed by atoms with Crippen LogP contribution >= 0.6 is 0 Å². The molecule has 0 heterocycles. The van der Waals surface area contributed by atoms with Gasteiger partial charge in [-0.25, -0.2) is 5.48 Å². The molecule has 3 heteroatoms. The standard InChI is InChI=1S/C18H29NO2/c1-17(2,21-19-4)12-6-5-8-14-10-11-15-16(20)9-7-13-18(14,15)3/h6,10,12,15,19H,5,7-9,11,13H2,1-4H3/b12-6+. The number of hydrogen-bond acceptors (Lipinski definition) is 3. The Balaban J connectivity index is 1.90. The summed E-state index contributed by atoms with van der Waals surface area (Å²) in [6.07, 6.45) is 12.7. The first kappa shape index (κ1) is 16.4. The topological polar surface area (TPSA) is 38.3 Å². The number of ketones is 1. The summed E-state index contributed by atoms with van der Waals surface area (Å²) in [4.78, 5) is 17.5. The molecule has 0 aliphatic heterocycles. The Morgan fingerprint density at radius 2 is 2.29 bits per heavy atom. The van der Waals surface area contributed by atoms with E-state index in [9.17, 15) is 4.79 Å². The number of allylic oxidation sites excluding steroid dienone is 3. The average Bonchev–Trinajstić information content (AvgIpc) is 2.73. The maximum Gasteiger partial charge on any atom is 0.137 e. The number of Topliss-reactive ketones (excluding diaryl/α,β-unsaturated/α-hetero) is 1. The molecule has 2 atom stereocenters. The van der Waals surface area contributed by atoms with Crippen LogP contribution in [0.4, 0.5) is 0 Å². The van der Waals surface area contributed by atoms with Crippen LogP contribution in [0.15, 0.2) is 23.8 Å². The van der Waals surface area contributed by atoms with Crippen LogP contribution in [0.2, 0.25) is 0 Å². The molecule has 2 aliphatic carbocycles. The van der Waals surface area contributed by atoms with Crippen molar-refractivity contribution in [2.45, 2.75) is 64.9 Å². The second-order valence-corrected chi connectivity index (χ2v) is 7.11. The van der Waals surface area contributed by atoms with E-state index in [0.29, 0.717) is 5.78 Å². The van der Waals surface area contributed by atoms with Crippen LogP contribution in [0.25, 0.3) is 0 Å². The van der Waals surface area contributed by atoms with E-state index in [0.717, 1.165) is 32.1 Å². The van der Waals surface area contributed by atoms with E-state index in [1.807, 2.05) is 13.8 Å². The van der Waals surface area contributed by atoms with Crippen LogP contribution in [-0.4, -0.2) is 18.4 Å². The minimum absolute atomic E-state index is 0.139. The van der Waals surface area contributed by atoms with Crippen LogP contribution in [0.3, 0.4) is 0 Å². The number of rotatable bonds is 6. The molecule has 21 heavy (non-hydrogen) atoms. The normalized spacial score (nSPS) is 29.8. The lowest BCUT2D eigenvalue weighted by atomic mass is 9.65. The molecule has 0 aromatic heterocycles. The highest BCUT2D eigenvalue weighted by molar-refractivity contribution is 5.84. The molecule has 3 nitrogen and oxygen atoms in total. The lowest BCUT2D eigenvalue weighted by Crippen LogP contribution is -2.35. The van der Waals surface area contributed by atoms with E-state index in [1.54, 1.807) is 7.05 Å². The van der Waals surface area contributed by atoms with Crippen LogP contribution < -0.4 is 5.48 Å². The lowest BCUT2D eigenvalue weighted by molar-refractivity contribution is -0.128. The summed E-state index contributed by atoms with van der Waals surface area (Å²) in [5.41, 5.74) is 4.09. The van der Waals surface area contributed by atoms with Crippen LogP contribution in [0, 0.1) is 11.3 Å². The van der Waals surface area contributed by atoms with Crippen molar-refractivity contribution < 1.29 is 9.63 Å². The van der Waals surface area contributed by atoms with Crippen molar-refractivity contribution in [1.82, 2.24) is 5.48 Å². The highest BCUT2D eigenvalue weighted by Gasteiger charge is 2.46. The first-order chi connectivity index (χ1) is 9.89. The maximum absolute atomic E-state index is 12.1. The molecule has 2 unspecified atom stereocenters. The van der Waals surface area contributed by atoms with Gasteiger partial charge in [-0.1, -0.05) is 30.7 Å². The molecule has 0 amide bonds. The van der Waals surface area contributed by atoms with Gasteiger partial charge >= 0.3 is 0 Å². The summed E-state index contributed by atoms with van der Waals surface area (Å²) in [6, 6.07) is 0. The third kappa shape index (κ3) is 3.64. The summed E-state index contributed by atoms with van der Waals surface area (Å²) in [5, 5.41) is 0. The summed E-state index contributed by atoms with van der Waals surface area (Å²) in [5.74, 6) is 0.739. The Labute approximate surface area is 128 Å². The summed E-state index contributed by atoms with van der Waals surface area (Å²) >= 11 is 0. The monoisotopic (exact) mass is 291 g/mol. The molecule has 0 aromatic rings. The molecule has 0 saturated heterocycles. The minimum Gasteiger partial charge on any atom is -0.299 e. The van der Waals surface area contributed by atoms with Crippen molar-refractivity contribution >= 4 is 5.78 Å². The fourth-order valence-corrected chi connectivity index (χ4v) is 3.89. The number of nitrogens with one attached hydrogen (secondary N) is 1. The molecule has 0 bridgehead atoms. The lowest BCUT2D eigenvalue weighted by Gasteiger charge is -2.38. The third-order valence-electron chi connectivity index (χ3n) is 5.08. The van der Waals surface area contributed by atoms with Gasteiger partial charge in [-0.05, 0) is 51.4 Å². The number of carbonyl (C=O) groups is 1. The zero-order chi connectivity index (χ0) is 15.5. The highest BCUT2D eigenvalue weighted by atomic mass is 16.7. The van der Waals surface area contributed by atoms with Crippen molar-refractivity contribution in [3.63, 3.8) is 0 Å². The van der Waals surface area contributed by atoms with Gasteiger partial charge in [0.25, 0.3) is 0 Å². The van der Waals surface area contributed by atoms with E-state index in [-0.39, 0.29) is 16.9 Å². The largest absolute Gasteiger partial charge is 0.299 e. The van der Waals surface area contributed by atoms with Crippen LogP contribution in [0.1, 0.15) is 59.3 Å². The Morgan fingerprint density at radius 1 is 1.52 bits per heavy atom.